The van der Waals surface area contributed by atoms with Crippen LogP contribution in [0.1, 0.15) is 60.2 Å². The number of nitrogens with one attached hydrogen (secondary N) is 1. The van der Waals surface area contributed by atoms with Crippen LogP contribution in [0.5, 0.6) is 0 Å². The Morgan fingerprint density at radius 1 is 1.12 bits per heavy atom. The van der Waals surface area contributed by atoms with Crippen molar-refractivity contribution in [3.8, 4) is 11.4 Å². The third kappa shape index (κ3) is 7.49. The van der Waals surface area contributed by atoms with Crippen molar-refractivity contribution in [3.05, 3.63) is 33.8 Å². The number of hydrogen-bond donors (Lipinski definition) is 1. The van der Waals surface area contributed by atoms with Crippen molar-refractivity contribution < 1.29 is 42.5 Å². The molecule has 0 aliphatic carbocycles. The van der Waals surface area contributed by atoms with Gasteiger partial charge in [-0.05, 0) is 43.8 Å². The molecule has 6 atom stereocenters. The zero-order valence-electron chi connectivity index (χ0n) is 23.4. The number of rotatable bonds is 9. The second-order valence-corrected chi connectivity index (χ2v) is 10.3. The van der Waals surface area contributed by atoms with Crippen molar-refractivity contribution in [1.82, 2.24) is 19.7 Å². The van der Waals surface area contributed by atoms with Crippen molar-refractivity contribution in [2.24, 2.45) is 0 Å². The van der Waals surface area contributed by atoms with Gasteiger partial charge < -0.3 is 24.3 Å². The summed E-state index contributed by atoms with van der Waals surface area (Å²) in [6, 6.07) is 2.76. The number of benzene rings is 1. The predicted octanol–water partition coefficient (Wildman–Crippen LogP) is 3.67. The SMILES string of the molecule is CCC(C)n1c(-c2ccc(F)c(Cl)c2)nn([C@@H]2O[C@H](COC(C)=O)[C@@H](OC(C)=O)[C@H](OC(C)=O)[C@H]2NC(C)=O)c1=S. The minimum Gasteiger partial charge on any atom is -0.463 e. The van der Waals surface area contributed by atoms with Crippen molar-refractivity contribution in [1.29, 1.82) is 0 Å². The van der Waals surface area contributed by atoms with Gasteiger partial charge in [0, 0.05) is 39.3 Å². The maximum absolute atomic E-state index is 14.0. The summed E-state index contributed by atoms with van der Waals surface area (Å²) in [5.74, 6) is -2.88. The van der Waals surface area contributed by atoms with Gasteiger partial charge in [0.2, 0.25) is 10.7 Å². The molecule has 2 aromatic rings. The maximum atomic E-state index is 14.0. The van der Waals surface area contributed by atoms with E-state index in [0.717, 1.165) is 13.8 Å². The minimum atomic E-state index is -1.29. The molecule has 41 heavy (non-hydrogen) atoms. The second kappa shape index (κ2) is 13.5. The lowest BCUT2D eigenvalue weighted by atomic mass is 9.95. The number of nitrogens with zero attached hydrogens (tertiary/aromatic N) is 3. The average Bonchev–Trinajstić information content (AvgIpc) is 3.22. The molecule has 12 nitrogen and oxygen atoms in total. The lowest BCUT2D eigenvalue weighted by molar-refractivity contribution is -0.239. The van der Waals surface area contributed by atoms with Crippen LogP contribution in [-0.4, -0.2) is 69.1 Å². The van der Waals surface area contributed by atoms with Gasteiger partial charge in [0.1, 0.15) is 24.6 Å². The number of carbonyl (C=O) groups excluding carboxylic acids is 4. The fraction of sp³-hybridized carbons (Fsp3) is 0.538. The third-order valence-corrected chi connectivity index (χ3v) is 7.05. The molecule has 1 fully saturated rings. The molecule has 1 saturated heterocycles. The van der Waals surface area contributed by atoms with Gasteiger partial charge in [-0.15, -0.1) is 5.10 Å². The van der Waals surface area contributed by atoms with Crippen molar-refractivity contribution >= 4 is 47.6 Å². The molecular weight excluding hydrogens is 583 g/mol. The Hall–Kier alpha value is -3.36. The number of halogens is 2. The summed E-state index contributed by atoms with van der Waals surface area (Å²) >= 11 is 11.9. The molecule has 0 bridgehead atoms. The second-order valence-electron chi connectivity index (χ2n) is 9.55. The molecule has 1 aliphatic heterocycles. The Kier molecular flexibility index (Phi) is 10.6. The number of carbonyl (C=O) groups is 4. The quantitative estimate of drug-likeness (QED) is 0.253. The fourth-order valence-corrected chi connectivity index (χ4v) is 5.08. The maximum Gasteiger partial charge on any atom is 0.303 e. The van der Waals surface area contributed by atoms with Crippen LogP contribution in [-0.2, 0) is 38.1 Å². The standard InChI is InChI=1S/C26H32ClFN4O8S/c1-7-12(2)31-24(17-8-9-19(28)18(27)10-17)30-32(26(31)41)25-21(29-13(3)33)23(39-16(6)36)22(38-15(5)35)20(40-25)11-37-14(4)34/h8-10,12,20-23,25H,7,11H2,1-6H3,(H,29,33)/t12?,20-,21-,22-,23-,25-/m1/s1. The van der Waals surface area contributed by atoms with Gasteiger partial charge in [-0.25, -0.2) is 9.07 Å². The minimum absolute atomic E-state index is 0.121. The number of hydrogen-bond acceptors (Lipinski definition) is 10. The first-order valence-electron chi connectivity index (χ1n) is 12.8. The van der Waals surface area contributed by atoms with Gasteiger partial charge in [0.15, 0.2) is 24.3 Å². The van der Waals surface area contributed by atoms with Gasteiger partial charge in [-0.1, -0.05) is 18.5 Å². The Labute approximate surface area is 246 Å². The zero-order valence-corrected chi connectivity index (χ0v) is 25.0. The lowest BCUT2D eigenvalue weighted by Crippen LogP contribution is -2.64. The summed E-state index contributed by atoms with van der Waals surface area (Å²) in [7, 11) is 0. The largest absolute Gasteiger partial charge is 0.463 e. The summed E-state index contributed by atoms with van der Waals surface area (Å²) in [4.78, 5) is 48.2. The van der Waals surface area contributed by atoms with Crippen molar-refractivity contribution in [3.63, 3.8) is 0 Å². The van der Waals surface area contributed by atoms with Gasteiger partial charge in [-0.3, -0.25) is 23.7 Å². The van der Waals surface area contributed by atoms with E-state index in [-0.39, 0.29) is 22.4 Å². The molecule has 1 aromatic heterocycles. The molecule has 1 aromatic carbocycles. The molecular formula is C26H32ClFN4O8S. The van der Waals surface area contributed by atoms with Gasteiger partial charge in [-0.2, -0.15) is 0 Å². The fourth-order valence-electron chi connectivity index (χ4n) is 4.49. The summed E-state index contributed by atoms with van der Waals surface area (Å²) in [5, 5.41) is 7.27. The van der Waals surface area contributed by atoms with E-state index in [0.29, 0.717) is 17.8 Å². The van der Waals surface area contributed by atoms with Crippen LogP contribution < -0.4 is 5.32 Å². The Bertz CT molecular complexity index is 1380. The van der Waals surface area contributed by atoms with Crippen LogP contribution in [0, 0.1) is 10.6 Å². The Morgan fingerprint density at radius 2 is 1.76 bits per heavy atom. The third-order valence-electron chi connectivity index (χ3n) is 6.37. The highest BCUT2D eigenvalue weighted by Crippen LogP contribution is 2.35. The molecule has 2 heterocycles. The van der Waals surface area contributed by atoms with E-state index >= 15 is 0 Å². The van der Waals surface area contributed by atoms with Crippen LogP contribution in [0.4, 0.5) is 4.39 Å². The first-order chi connectivity index (χ1) is 19.2. The first kappa shape index (κ1) is 32.2. The topological polar surface area (TPSA) is 140 Å². The zero-order chi connectivity index (χ0) is 30.6. The summed E-state index contributed by atoms with van der Waals surface area (Å²) in [6.07, 6.45) is -4.31. The molecule has 1 unspecified atom stereocenters. The van der Waals surface area contributed by atoms with Gasteiger partial charge >= 0.3 is 17.9 Å². The Morgan fingerprint density at radius 3 is 2.29 bits per heavy atom. The molecule has 15 heteroatoms. The van der Waals surface area contributed by atoms with Crippen LogP contribution in [0.15, 0.2) is 18.2 Å². The normalized spacial score (nSPS) is 22.9. The summed E-state index contributed by atoms with van der Waals surface area (Å²) < 4.78 is 39.7. The van der Waals surface area contributed by atoms with Gasteiger partial charge in [0.25, 0.3) is 0 Å². The van der Waals surface area contributed by atoms with Crippen molar-refractivity contribution in [2.75, 3.05) is 6.61 Å². The van der Waals surface area contributed by atoms with E-state index in [2.05, 4.69) is 5.32 Å². The number of amides is 1. The summed E-state index contributed by atoms with van der Waals surface area (Å²) in [6.45, 7) is 8.21. The van der Waals surface area contributed by atoms with E-state index in [9.17, 15) is 23.6 Å². The van der Waals surface area contributed by atoms with Crippen molar-refractivity contribution in [2.45, 2.75) is 84.6 Å². The van der Waals surface area contributed by atoms with E-state index in [1.807, 2.05) is 13.8 Å². The average molecular weight is 615 g/mol. The van der Waals surface area contributed by atoms with Crippen LogP contribution in [0.3, 0.4) is 0 Å². The molecule has 0 spiro atoms. The molecule has 1 aliphatic rings. The predicted molar refractivity (Wildman–Crippen MR) is 146 cm³/mol. The Balaban J connectivity index is 2.26. The highest BCUT2D eigenvalue weighted by molar-refractivity contribution is 7.71. The molecule has 0 radical (unpaired) electrons. The van der Waals surface area contributed by atoms with Crippen LogP contribution in [0.2, 0.25) is 5.02 Å². The lowest BCUT2D eigenvalue weighted by Gasteiger charge is -2.45. The first-order valence-corrected chi connectivity index (χ1v) is 13.6. The van der Waals surface area contributed by atoms with E-state index < -0.39 is 60.2 Å². The van der Waals surface area contributed by atoms with E-state index in [1.165, 1.54) is 36.7 Å². The molecule has 1 N–H and O–H groups in total. The summed E-state index contributed by atoms with van der Waals surface area (Å²) in [5.41, 5.74) is 0.458. The van der Waals surface area contributed by atoms with Crippen LogP contribution >= 0.6 is 23.8 Å². The van der Waals surface area contributed by atoms with E-state index in [1.54, 1.807) is 4.57 Å². The molecule has 224 valence electrons. The molecule has 0 saturated carbocycles. The molecule has 3 rings (SSSR count). The molecule has 1 amide bonds. The number of ether oxygens (including phenoxy) is 4. The number of aromatic nitrogens is 3. The highest BCUT2D eigenvalue weighted by Gasteiger charge is 2.52. The van der Waals surface area contributed by atoms with Gasteiger partial charge in [0.05, 0.1) is 5.02 Å². The van der Waals surface area contributed by atoms with Crippen LogP contribution in [0.25, 0.3) is 11.4 Å². The highest BCUT2D eigenvalue weighted by atomic mass is 35.5. The number of esters is 3. The van der Waals surface area contributed by atoms with E-state index in [4.69, 9.17) is 47.9 Å². The monoisotopic (exact) mass is 614 g/mol. The smallest absolute Gasteiger partial charge is 0.303 e.